The molecule has 7 nitrogen and oxygen atoms in total. The molecule has 2 aromatic carbocycles. The number of nitrogens with zero attached hydrogens (tertiary/aromatic N) is 1. The van der Waals surface area contributed by atoms with E-state index in [1.807, 2.05) is 0 Å². The molecule has 0 aromatic heterocycles. The molecule has 7 heteroatoms. The number of primary amides is 1. The Morgan fingerprint density at radius 2 is 1.88 bits per heavy atom. The summed E-state index contributed by atoms with van der Waals surface area (Å²) in [7, 11) is 0. The highest BCUT2D eigenvalue weighted by atomic mass is 16.6. The van der Waals surface area contributed by atoms with Crippen molar-refractivity contribution in [3.8, 4) is 0 Å². The number of rotatable bonds is 6. The minimum Gasteiger partial charge on any atom is -0.366 e. The Balaban J connectivity index is 1.92. The summed E-state index contributed by atoms with van der Waals surface area (Å²) in [5.74, 6) is -0.848. The first-order valence-corrected chi connectivity index (χ1v) is 7.05. The number of nitro benzene ring substituents is 1. The van der Waals surface area contributed by atoms with Crippen molar-refractivity contribution in [2.24, 2.45) is 5.73 Å². The largest absolute Gasteiger partial charge is 0.366 e. The van der Waals surface area contributed by atoms with Crippen molar-refractivity contribution in [1.29, 1.82) is 0 Å². The van der Waals surface area contributed by atoms with E-state index in [1.54, 1.807) is 42.5 Å². The molecule has 2 amide bonds. The first kappa shape index (κ1) is 16.9. The van der Waals surface area contributed by atoms with Gasteiger partial charge in [0.05, 0.1) is 4.92 Å². The molecule has 2 rings (SSSR count). The SMILES string of the molecule is NC(=O)c1cccc(CNC(=O)/C=C/c2ccc([N+](=O)[O-])cc2)c1. The number of carbonyl (C=O) groups is 2. The lowest BCUT2D eigenvalue weighted by Gasteiger charge is -2.04. The molecular formula is C17H15N3O4. The number of hydrogen-bond donors (Lipinski definition) is 2. The van der Waals surface area contributed by atoms with Gasteiger partial charge in [-0.2, -0.15) is 0 Å². The quantitative estimate of drug-likeness (QED) is 0.480. The molecule has 0 unspecified atom stereocenters. The van der Waals surface area contributed by atoms with E-state index in [1.165, 1.54) is 18.2 Å². The Labute approximate surface area is 137 Å². The fourth-order valence-electron chi connectivity index (χ4n) is 1.96. The van der Waals surface area contributed by atoms with Crippen molar-refractivity contribution in [1.82, 2.24) is 5.32 Å². The first-order chi connectivity index (χ1) is 11.5. The minimum atomic E-state index is -0.527. The van der Waals surface area contributed by atoms with Gasteiger partial charge in [0.25, 0.3) is 5.69 Å². The lowest BCUT2D eigenvalue weighted by molar-refractivity contribution is -0.384. The van der Waals surface area contributed by atoms with Gasteiger partial charge in [-0.3, -0.25) is 19.7 Å². The van der Waals surface area contributed by atoms with Crippen LogP contribution in [0.4, 0.5) is 5.69 Å². The van der Waals surface area contributed by atoms with Crippen LogP contribution in [0.1, 0.15) is 21.5 Å². The van der Waals surface area contributed by atoms with Gasteiger partial charge in [0.2, 0.25) is 11.8 Å². The maximum absolute atomic E-state index is 11.8. The first-order valence-electron chi connectivity index (χ1n) is 7.05. The standard InChI is InChI=1S/C17H15N3O4/c18-17(22)14-3-1-2-13(10-14)11-19-16(21)9-6-12-4-7-15(8-5-12)20(23)24/h1-10H,11H2,(H2,18,22)(H,19,21)/b9-6+. The predicted molar refractivity (Wildman–Crippen MR) is 88.9 cm³/mol. The highest BCUT2D eigenvalue weighted by Gasteiger charge is 2.04. The molecule has 0 spiro atoms. The molecule has 0 saturated heterocycles. The zero-order valence-corrected chi connectivity index (χ0v) is 12.6. The number of non-ortho nitro benzene ring substituents is 1. The summed E-state index contributed by atoms with van der Waals surface area (Å²) in [6.45, 7) is 0.255. The Bertz CT molecular complexity index is 798. The molecule has 122 valence electrons. The Hall–Kier alpha value is -3.48. The summed E-state index contributed by atoms with van der Waals surface area (Å²) >= 11 is 0. The van der Waals surface area contributed by atoms with Crippen LogP contribution < -0.4 is 11.1 Å². The summed E-state index contributed by atoms with van der Waals surface area (Å²) in [4.78, 5) is 33.0. The smallest absolute Gasteiger partial charge is 0.269 e. The van der Waals surface area contributed by atoms with Crippen molar-refractivity contribution < 1.29 is 14.5 Å². The van der Waals surface area contributed by atoms with Crippen LogP contribution >= 0.6 is 0 Å². The summed E-state index contributed by atoms with van der Waals surface area (Å²) in [5.41, 5.74) is 7.00. The van der Waals surface area contributed by atoms with Crippen molar-refractivity contribution in [2.75, 3.05) is 0 Å². The average Bonchev–Trinajstić information content (AvgIpc) is 2.58. The molecular weight excluding hydrogens is 310 g/mol. The number of nitrogens with one attached hydrogen (secondary N) is 1. The highest BCUT2D eigenvalue weighted by molar-refractivity contribution is 5.93. The van der Waals surface area contributed by atoms with Gasteiger partial charge in [-0.25, -0.2) is 0 Å². The summed E-state index contributed by atoms with van der Waals surface area (Å²) in [5, 5.41) is 13.2. The highest BCUT2D eigenvalue weighted by Crippen LogP contribution is 2.12. The van der Waals surface area contributed by atoms with Gasteiger partial charge in [0.1, 0.15) is 0 Å². The van der Waals surface area contributed by atoms with Gasteiger partial charge >= 0.3 is 0 Å². The third-order valence-corrected chi connectivity index (χ3v) is 3.21. The predicted octanol–water partition coefficient (Wildman–Crippen LogP) is 2.02. The van der Waals surface area contributed by atoms with Gasteiger partial charge in [-0.15, -0.1) is 0 Å². The molecule has 0 aliphatic heterocycles. The maximum Gasteiger partial charge on any atom is 0.269 e. The minimum absolute atomic E-state index is 0.00839. The monoisotopic (exact) mass is 325 g/mol. The van der Waals surface area contributed by atoms with Crippen LogP contribution in [0.25, 0.3) is 6.08 Å². The lowest BCUT2D eigenvalue weighted by atomic mass is 10.1. The Morgan fingerprint density at radius 3 is 2.50 bits per heavy atom. The second-order valence-electron chi connectivity index (χ2n) is 4.96. The molecule has 0 heterocycles. The molecule has 2 aromatic rings. The third kappa shape index (κ3) is 4.77. The molecule has 0 bridgehead atoms. The Morgan fingerprint density at radius 1 is 1.17 bits per heavy atom. The van der Waals surface area contributed by atoms with Crippen molar-refractivity contribution >= 4 is 23.6 Å². The van der Waals surface area contributed by atoms with Crippen LogP contribution in [0.3, 0.4) is 0 Å². The van der Waals surface area contributed by atoms with Gasteiger partial charge in [-0.1, -0.05) is 12.1 Å². The summed E-state index contributed by atoms with van der Waals surface area (Å²) in [6.07, 6.45) is 2.89. The van der Waals surface area contributed by atoms with Crippen LogP contribution in [0.5, 0.6) is 0 Å². The maximum atomic E-state index is 11.8. The van der Waals surface area contributed by atoms with Crippen LogP contribution in [0.15, 0.2) is 54.6 Å². The summed E-state index contributed by atoms with van der Waals surface area (Å²) < 4.78 is 0. The van der Waals surface area contributed by atoms with E-state index < -0.39 is 10.8 Å². The van der Waals surface area contributed by atoms with E-state index in [0.717, 1.165) is 5.56 Å². The topological polar surface area (TPSA) is 115 Å². The van der Waals surface area contributed by atoms with Gasteiger partial charge in [0, 0.05) is 30.3 Å². The van der Waals surface area contributed by atoms with Crippen LogP contribution in [-0.4, -0.2) is 16.7 Å². The molecule has 0 atom stereocenters. The number of amides is 2. The average molecular weight is 325 g/mol. The second-order valence-corrected chi connectivity index (χ2v) is 4.96. The fourth-order valence-corrected chi connectivity index (χ4v) is 1.96. The third-order valence-electron chi connectivity index (χ3n) is 3.21. The molecule has 3 N–H and O–H groups in total. The van der Waals surface area contributed by atoms with Crippen LogP contribution in [-0.2, 0) is 11.3 Å². The van der Waals surface area contributed by atoms with Gasteiger partial charge in [-0.05, 0) is 41.5 Å². The molecule has 0 saturated carbocycles. The van der Waals surface area contributed by atoms with E-state index in [4.69, 9.17) is 5.73 Å². The Kier molecular flexibility index (Phi) is 5.40. The molecule has 0 fully saturated rings. The molecule has 0 aliphatic rings. The van der Waals surface area contributed by atoms with Crippen LogP contribution in [0, 0.1) is 10.1 Å². The zero-order valence-electron chi connectivity index (χ0n) is 12.6. The van der Waals surface area contributed by atoms with E-state index in [0.29, 0.717) is 11.1 Å². The number of nitro groups is 1. The van der Waals surface area contributed by atoms with Gasteiger partial charge < -0.3 is 11.1 Å². The van der Waals surface area contributed by atoms with Crippen molar-refractivity contribution in [3.63, 3.8) is 0 Å². The van der Waals surface area contributed by atoms with E-state index in [-0.39, 0.29) is 18.1 Å². The number of benzene rings is 2. The normalized spacial score (nSPS) is 10.5. The van der Waals surface area contributed by atoms with E-state index >= 15 is 0 Å². The number of carbonyl (C=O) groups excluding carboxylic acids is 2. The molecule has 0 aliphatic carbocycles. The molecule has 24 heavy (non-hydrogen) atoms. The van der Waals surface area contributed by atoms with Crippen molar-refractivity contribution in [3.05, 3.63) is 81.4 Å². The summed E-state index contributed by atoms with van der Waals surface area (Å²) in [6, 6.07) is 12.5. The van der Waals surface area contributed by atoms with Crippen molar-refractivity contribution in [2.45, 2.75) is 6.54 Å². The number of nitrogens with two attached hydrogens (primary N) is 1. The fraction of sp³-hybridized carbons (Fsp3) is 0.0588. The van der Waals surface area contributed by atoms with E-state index in [9.17, 15) is 19.7 Å². The lowest BCUT2D eigenvalue weighted by Crippen LogP contribution is -2.20. The number of hydrogen-bond acceptors (Lipinski definition) is 4. The second kappa shape index (κ2) is 7.68. The van der Waals surface area contributed by atoms with Crippen LogP contribution in [0.2, 0.25) is 0 Å². The molecule has 0 radical (unpaired) electrons. The van der Waals surface area contributed by atoms with Gasteiger partial charge in [0.15, 0.2) is 0 Å². The zero-order chi connectivity index (χ0) is 17.5. The van der Waals surface area contributed by atoms with E-state index in [2.05, 4.69) is 5.32 Å².